The molecule has 1 rings (SSSR count). The van der Waals surface area contributed by atoms with E-state index >= 15 is 0 Å². The quantitative estimate of drug-likeness (QED) is 0.0751. The second-order valence-corrected chi connectivity index (χ2v) is 9.14. The molecule has 34 heavy (non-hydrogen) atoms. The first-order chi connectivity index (χ1) is 16.0. The molecule has 0 saturated carbocycles. The van der Waals surface area contributed by atoms with Gasteiger partial charge in [0.1, 0.15) is 18.1 Å². The van der Waals surface area contributed by atoms with Gasteiger partial charge in [-0.05, 0) is 51.0 Å². The van der Waals surface area contributed by atoms with Crippen LogP contribution in [0.4, 0.5) is 0 Å². The molecule has 13 nitrogen and oxygen atoms in total. The predicted octanol–water partition coefficient (Wildman–Crippen LogP) is -2.45. The number of nitrogens with two attached hydrogens (primary N) is 3. The number of carbonyl (C=O) groups is 4. The number of likely N-dealkylation sites (tertiary alicyclic amines) is 1. The van der Waals surface area contributed by atoms with Gasteiger partial charge < -0.3 is 42.9 Å². The Bertz CT molecular complexity index is 747. The first-order valence-corrected chi connectivity index (χ1v) is 12.5. The second-order valence-electron chi connectivity index (χ2n) is 8.15. The van der Waals surface area contributed by atoms with Gasteiger partial charge in [0.25, 0.3) is 0 Å². The third-order valence-electron chi connectivity index (χ3n) is 5.41. The molecule has 0 bridgehead atoms. The van der Waals surface area contributed by atoms with E-state index in [-0.39, 0.29) is 31.3 Å². The Morgan fingerprint density at radius 2 is 1.88 bits per heavy atom. The van der Waals surface area contributed by atoms with Crippen LogP contribution < -0.4 is 27.8 Å². The van der Waals surface area contributed by atoms with Crippen LogP contribution in [0.3, 0.4) is 0 Å². The Kier molecular flexibility index (Phi) is 12.7. The molecule has 0 aliphatic carbocycles. The van der Waals surface area contributed by atoms with Gasteiger partial charge in [-0.25, -0.2) is 4.79 Å². The van der Waals surface area contributed by atoms with Crippen molar-refractivity contribution < 1.29 is 29.4 Å². The molecular weight excluding hydrogens is 466 g/mol. The molecule has 0 aromatic heterocycles. The summed E-state index contributed by atoms with van der Waals surface area (Å²) in [5, 5.41) is 24.3. The molecule has 1 saturated heterocycles. The minimum atomic E-state index is -1.41. The number of nitrogens with zero attached hydrogens (tertiary/aromatic N) is 2. The highest BCUT2D eigenvalue weighted by Gasteiger charge is 2.38. The summed E-state index contributed by atoms with van der Waals surface area (Å²) in [6, 6.07) is -4.22. The number of carbonyl (C=O) groups excluding carboxylic acids is 3. The molecule has 1 aliphatic rings. The van der Waals surface area contributed by atoms with E-state index < -0.39 is 48.1 Å². The molecule has 5 atom stereocenters. The number of amides is 3. The summed E-state index contributed by atoms with van der Waals surface area (Å²) >= 11 is 1.56. The van der Waals surface area contributed by atoms with E-state index in [1.807, 2.05) is 6.26 Å². The molecule has 5 unspecified atom stereocenters. The Labute approximate surface area is 203 Å². The van der Waals surface area contributed by atoms with Gasteiger partial charge in [0.15, 0.2) is 5.96 Å². The summed E-state index contributed by atoms with van der Waals surface area (Å²) in [4.78, 5) is 55.0. The lowest BCUT2D eigenvalue weighted by molar-refractivity contribution is -0.144. The lowest BCUT2D eigenvalue weighted by Gasteiger charge is -2.29. The van der Waals surface area contributed by atoms with Crippen molar-refractivity contribution >= 4 is 41.4 Å². The van der Waals surface area contributed by atoms with Crippen LogP contribution in [0.15, 0.2) is 4.99 Å². The number of guanidine groups is 1. The maximum Gasteiger partial charge on any atom is 0.326 e. The van der Waals surface area contributed by atoms with Gasteiger partial charge in [0, 0.05) is 13.1 Å². The van der Waals surface area contributed by atoms with E-state index in [9.17, 15) is 29.4 Å². The third kappa shape index (κ3) is 9.35. The fraction of sp³-hybridized carbons (Fsp3) is 0.750. The summed E-state index contributed by atoms with van der Waals surface area (Å²) in [5.41, 5.74) is 16.4. The molecule has 0 spiro atoms. The molecule has 10 N–H and O–H groups in total. The van der Waals surface area contributed by atoms with Crippen molar-refractivity contribution in [3.63, 3.8) is 0 Å². The molecule has 1 aliphatic heterocycles. The van der Waals surface area contributed by atoms with Gasteiger partial charge in [-0.1, -0.05) is 0 Å². The SMILES string of the molecule is CSCCC(N)C(=O)N1CCCC1C(=O)NC(C(=O)NC(CCCN=C(N)N)C(=O)O)C(C)O. The van der Waals surface area contributed by atoms with Crippen molar-refractivity contribution in [3.8, 4) is 0 Å². The second kappa shape index (κ2) is 14.6. The summed E-state index contributed by atoms with van der Waals surface area (Å²) in [6.07, 6.45) is 2.39. The summed E-state index contributed by atoms with van der Waals surface area (Å²) in [6.45, 7) is 1.85. The Balaban J connectivity index is 2.80. The van der Waals surface area contributed by atoms with Crippen LogP contribution in [0.1, 0.15) is 39.0 Å². The van der Waals surface area contributed by atoms with E-state index in [1.165, 1.54) is 11.8 Å². The van der Waals surface area contributed by atoms with E-state index in [4.69, 9.17) is 17.2 Å². The first kappa shape index (κ1) is 29.5. The number of hydrogen-bond acceptors (Lipinski definition) is 8. The van der Waals surface area contributed by atoms with Crippen LogP contribution in [0.5, 0.6) is 0 Å². The van der Waals surface area contributed by atoms with E-state index in [1.54, 1.807) is 11.8 Å². The van der Waals surface area contributed by atoms with Crippen molar-refractivity contribution in [1.29, 1.82) is 0 Å². The standard InChI is InChI=1S/C20H37N7O6S/c1-11(28)15(17(30)25-13(19(32)33)5-3-8-24-20(22)23)26-16(29)14-6-4-9-27(14)18(31)12(21)7-10-34-2/h11-15,28H,3-10,21H2,1-2H3,(H,25,30)(H,26,29)(H,32,33)(H4,22,23,24). The Hall–Kier alpha value is -2.58. The van der Waals surface area contributed by atoms with Crippen LogP contribution in [0.2, 0.25) is 0 Å². The van der Waals surface area contributed by atoms with Gasteiger partial charge in [0.2, 0.25) is 17.7 Å². The van der Waals surface area contributed by atoms with Crippen molar-refractivity contribution in [3.05, 3.63) is 0 Å². The average molecular weight is 504 g/mol. The zero-order valence-corrected chi connectivity index (χ0v) is 20.4. The molecule has 14 heteroatoms. The monoisotopic (exact) mass is 503 g/mol. The fourth-order valence-corrected chi connectivity index (χ4v) is 4.05. The van der Waals surface area contributed by atoms with Crippen LogP contribution in [0, 0.1) is 0 Å². The topological polar surface area (TPSA) is 226 Å². The van der Waals surface area contributed by atoms with E-state index in [0.29, 0.717) is 31.6 Å². The number of aliphatic hydroxyl groups is 1. The largest absolute Gasteiger partial charge is 0.480 e. The van der Waals surface area contributed by atoms with Crippen LogP contribution >= 0.6 is 11.8 Å². The maximum atomic E-state index is 12.9. The van der Waals surface area contributed by atoms with E-state index in [0.717, 1.165) is 0 Å². The zero-order chi connectivity index (χ0) is 25.8. The summed E-state index contributed by atoms with van der Waals surface area (Å²) in [5.74, 6) is -2.50. The molecule has 0 aromatic carbocycles. The minimum absolute atomic E-state index is 0.0389. The number of aliphatic hydroxyl groups excluding tert-OH is 1. The van der Waals surface area contributed by atoms with Crippen LogP contribution in [-0.4, -0.2) is 100 Å². The van der Waals surface area contributed by atoms with Gasteiger partial charge >= 0.3 is 5.97 Å². The molecule has 3 amide bonds. The highest BCUT2D eigenvalue weighted by molar-refractivity contribution is 7.98. The fourth-order valence-electron chi connectivity index (χ4n) is 3.56. The van der Waals surface area contributed by atoms with Crippen LogP contribution in [-0.2, 0) is 19.2 Å². The number of aliphatic carboxylic acids is 1. The average Bonchev–Trinajstić information content (AvgIpc) is 3.26. The normalized spacial score (nSPS) is 18.9. The smallest absolute Gasteiger partial charge is 0.326 e. The van der Waals surface area contributed by atoms with Gasteiger partial charge in [-0.3, -0.25) is 19.4 Å². The van der Waals surface area contributed by atoms with Crippen molar-refractivity contribution in [2.75, 3.05) is 25.1 Å². The lowest BCUT2D eigenvalue weighted by atomic mass is 10.1. The maximum absolute atomic E-state index is 12.9. The molecule has 0 radical (unpaired) electrons. The third-order valence-corrected chi connectivity index (χ3v) is 6.06. The zero-order valence-electron chi connectivity index (χ0n) is 19.6. The first-order valence-electron chi connectivity index (χ1n) is 11.1. The van der Waals surface area contributed by atoms with Gasteiger partial charge in [-0.2, -0.15) is 11.8 Å². The number of thioether (sulfide) groups is 1. The lowest BCUT2D eigenvalue weighted by Crippen LogP contribution is -2.59. The van der Waals surface area contributed by atoms with Crippen LogP contribution in [0.25, 0.3) is 0 Å². The number of hydrogen-bond donors (Lipinski definition) is 7. The summed E-state index contributed by atoms with van der Waals surface area (Å²) < 4.78 is 0. The van der Waals surface area contributed by atoms with Crippen molar-refractivity contribution in [1.82, 2.24) is 15.5 Å². The molecule has 1 heterocycles. The Morgan fingerprint density at radius 1 is 1.21 bits per heavy atom. The minimum Gasteiger partial charge on any atom is -0.480 e. The number of carboxylic acids is 1. The number of nitrogens with one attached hydrogen (secondary N) is 2. The van der Waals surface area contributed by atoms with Gasteiger partial charge in [0.05, 0.1) is 12.1 Å². The molecule has 1 fully saturated rings. The molecule has 0 aromatic rings. The van der Waals surface area contributed by atoms with Crippen molar-refractivity contribution in [2.24, 2.45) is 22.2 Å². The number of carboxylic acid groups (broad SMARTS) is 1. The molecule has 194 valence electrons. The summed E-state index contributed by atoms with van der Waals surface area (Å²) in [7, 11) is 0. The Morgan fingerprint density at radius 3 is 2.44 bits per heavy atom. The number of rotatable bonds is 14. The molecular formula is C20H37N7O6S. The highest BCUT2D eigenvalue weighted by Crippen LogP contribution is 2.19. The number of aliphatic imine (C=N–C) groups is 1. The van der Waals surface area contributed by atoms with E-state index in [2.05, 4.69) is 15.6 Å². The van der Waals surface area contributed by atoms with Crippen molar-refractivity contribution in [2.45, 2.75) is 69.3 Å². The predicted molar refractivity (Wildman–Crippen MR) is 129 cm³/mol. The highest BCUT2D eigenvalue weighted by atomic mass is 32.2. The van der Waals surface area contributed by atoms with Gasteiger partial charge in [-0.15, -0.1) is 0 Å².